The summed E-state index contributed by atoms with van der Waals surface area (Å²) >= 11 is 5.62. The van der Waals surface area contributed by atoms with Crippen molar-refractivity contribution in [1.82, 2.24) is 4.84 Å². The molecule has 0 aromatic carbocycles. The number of halogens is 1. The molecule has 0 radical (unpaired) electrons. The molecule has 0 unspecified atom stereocenters. The van der Waals surface area contributed by atoms with Crippen LogP contribution in [-0.2, 0) is 4.79 Å². The van der Waals surface area contributed by atoms with E-state index in [4.69, 9.17) is 18.2 Å². The van der Waals surface area contributed by atoms with Crippen molar-refractivity contribution in [1.29, 1.82) is 5.26 Å². The van der Waals surface area contributed by atoms with Crippen LogP contribution in [0, 0.1) is 46.3 Å². The Kier molecular flexibility index (Phi) is 5.59. The number of nitrogens with one attached hydrogen (secondary N) is 1. The maximum atomic E-state index is 12.4. The van der Waals surface area contributed by atoms with Crippen molar-refractivity contribution in [2.75, 3.05) is 6.54 Å². The first-order valence-electron chi connectivity index (χ1n) is 8.56. The molecule has 0 amide bonds. The van der Waals surface area contributed by atoms with Crippen molar-refractivity contribution in [3.8, 4) is 18.4 Å². The average Bonchev–Trinajstić information content (AvgIpc) is 2.55. The van der Waals surface area contributed by atoms with E-state index in [0.29, 0.717) is 18.4 Å². The Bertz CT molecular complexity index is 664. The molecule has 0 saturated heterocycles. The Hall–Kier alpha value is -1.55. The minimum Gasteiger partial charge on any atom is -0.288 e. The highest BCUT2D eigenvalue weighted by molar-refractivity contribution is 6.13. The minimum atomic E-state index is -0.604. The standard InChI is InChI=1S/C20H25ClN2O/c1-5-20-9-7-16(14(2)3)19(4,8-6-10-23-21)18(20)11-17(24)15(12-20)13-22/h1,11-12,14,16,23H,6-10H2,2-4H3/t16-,19-,20-/m0/s1. The SMILES string of the molecule is C#C[C@]12C=C(C#N)C(=O)C=C1[C@@](C)(CCCNCl)[C@H](C(C)C)CC2. The number of hydrogen-bond acceptors (Lipinski definition) is 3. The number of hydrogen-bond donors (Lipinski definition) is 1. The van der Waals surface area contributed by atoms with Gasteiger partial charge < -0.3 is 0 Å². The van der Waals surface area contributed by atoms with Gasteiger partial charge in [0, 0.05) is 6.54 Å². The molecule has 0 heterocycles. The number of allylic oxidation sites excluding steroid dienone is 4. The molecule has 3 nitrogen and oxygen atoms in total. The summed E-state index contributed by atoms with van der Waals surface area (Å²) in [6.45, 7) is 7.40. The van der Waals surface area contributed by atoms with Gasteiger partial charge in [-0.2, -0.15) is 5.26 Å². The molecule has 24 heavy (non-hydrogen) atoms. The summed E-state index contributed by atoms with van der Waals surface area (Å²) in [5.74, 6) is 3.64. The largest absolute Gasteiger partial charge is 0.288 e. The zero-order valence-electron chi connectivity index (χ0n) is 14.7. The van der Waals surface area contributed by atoms with Crippen LogP contribution in [0.5, 0.6) is 0 Å². The molecule has 0 aromatic rings. The Morgan fingerprint density at radius 2 is 2.25 bits per heavy atom. The normalized spacial score (nSPS) is 32.5. The van der Waals surface area contributed by atoms with Gasteiger partial charge in [0.05, 0.1) is 11.0 Å². The lowest BCUT2D eigenvalue weighted by Gasteiger charge is -2.53. The van der Waals surface area contributed by atoms with Crippen molar-refractivity contribution < 1.29 is 4.79 Å². The lowest BCUT2D eigenvalue weighted by molar-refractivity contribution is -0.111. The third kappa shape index (κ3) is 3.04. The summed E-state index contributed by atoms with van der Waals surface area (Å²) in [7, 11) is 0. The average molecular weight is 345 g/mol. The van der Waals surface area contributed by atoms with Crippen LogP contribution in [0.25, 0.3) is 0 Å². The molecular weight excluding hydrogens is 320 g/mol. The fraction of sp³-hybridized carbons (Fsp3) is 0.600. The molecule has 128 valence electrons. The van der Waals surface area contributed by atoms with Gasteiger partial charge in [-0.1, -0.05) is 26.7 Å². The lowest BCUT2D eigenvalue weighted by atomic mass is 9.50. The van der Waals surface area contributed by atoms with Gasteiger partial charge in [-0.15, -0.1) is 6.42 Å². The summed E-state index contributed by atoms with van der Waals surface area (Å²) in [6.07, 6.45) is 12.9. The second kappa shape index (κ2) is 7.14. The van der Waals surface area contributed by atoms with E-state index in [0.717, 1.165) is 31.3 Å². The first-order valence-corrected chi connectivity index (χ1v) is 8.93. The molecule has 1 fully saturated rings. The highest BCUT2D eigenvalue weighted by Gasteiger charge is 2.52. The van der Waals surface area contributed by atoms with Crippen LogP contribution in [0.1, 0.15) is 46.5 Å². The second-order valence-electron chi connectivity index (χ2n) is 7.50. The van der Waals surface area contributed by atoms with Crippen molar-refractivity contribution in [2.24, 2.45) is 22.7 Å². The number of ketones is 1. The van der Waals surface area contributed by atoms with Crippen LogP contribution in [-0.4, -0.2) is 12.3 Å². The Morgan fingerprint density at radius 1 is 1.54 bits per heavy atom. The number of carbonyl (C=O) groups excluding carboxylic acids is 1. The first-order chi connectivity index (χ1) is 11.3. The summed E-state index contributed by atoms with van der Waals surface area (Å²) in [5, 5.41) is 9.25. The van der Waals surface area contributed by atoms with Gasteiger partial charge in [0.25, 0.3) is 0 Å². The van der Waals surface area contributed by atoms with Gasteiger partial charge in [0.1, 0.15) is 6.07 Å². The zero-order valence-corrected chi connectivity index (χ0v) is 15.4. The van der Waals surface area contributed by atoms with E-state index in [9.17, 15) is 10.1 Å². The highest BCUT2D eigenvalue weighted by Crippen LogP contribution is 2.59. The lowest BCUT2D eigenvalue weighted by Crippen LogP contribution is -2.46. The molecule has 3 atom stereocenters. The topological polar surface area (TPSA) is 52.9 Å². The molecule has 2 aliphatic rings. The van der Waals surface area contributed by atoms with Crippen molar-refractivity contribution in [3.63, 3.8) is 0 Å². The molecule has 4 heteroatoms. The van der Waals surface area contributed by atoms with Crippen LogP contribution < -0.4 is 4.84 Å². The van der Waals surface area contributed by atoms with Gasteiger partial charge in [-0.05, 0) is 72.4 Å². The van der Waals surface area contributed by atoms with Crippen molar-refractivity contribution in [3.05, 3.63) is 23.3 Å². The van der Waals surface area contributed by atoms with E-state index in [2.05, 4.69) is 31.5 Å². The van der Waals surface area contributed by atoms with Crippen LogP contribution >= 0.6 is 11.8 Å². The number of terminal acetylenes is 1. The van der Waals surface area contributed by atoms with Crippen molar-refractivity contribution >= 4 is 17.6 Å². The van der Waals surface area contributed by atoms with Gasteiger partial charge >= 0.3 is 0 Å². The molecular formula is C20H25ClN2O. The van der Waals surface area contributed by atoms with E-state index in [1.165, 1.54) is 0 Å². The highest BCUT2D eigenvalue weighted by atomic mass is 35.5. The molecule has 0 bridgehead atoms. The Balaban J connectivity index is 2.53. The summed E-state index contributed by atoms with van der Waals surface area (Å²) < 4.78 is 0. The number of nitriles is 1. The fourth-order valence-electron chi connectivity index (χ4n) is 4.71. The molecule has 1 saturated carbocycles. The van der Waals surface area contributed by atoms with Gasteiger partial charge in [-0.3, -0.25) is 4.79 Å². The van der Waals surface area contributed by atoms with E-state index < -0.39 is 5.41 Å². The predicted molar refractivity (Wildman–Crippen MR) is 96.8 cm³/mol. The third-order valence-electron chi connectivity index (χ3n) is 5.85. The number of fused-ring (bicyclic) bond motifs is 1. The maximum absolute atomic E-state index is 12.4. The maximum Gasteiger partial charge on any atom is 0.196 e. The third-order valence-corrected chi connectivity index (χ3v) is 6.03. The Morgan fingerprint density at radius 3 is 2.79 bits per heavy atom. The van der Waals surface area contributed by atoms with E-state index >= 15 is 0 Å². The Labute approximate surface area is 150 Å². The number of nitrogens with zero attached hydrogens (tertiary/aromatic N) is 1. The molecule has 0 spiro atoms. The molecule has 2 aliphatic carbocycles. The smallest absolute Gasteiger partial charge is 0.196 e. The van der Waals surface area contributed by atoms with Gasteiger partial charge in [0.2, 0.25) is 0 Å². The molecule has 0 aromatic heterocycles. The molecule has 0 aliphatic heterocycles. The first kappa shape index (κ1) is 18.8. The molecule has 1 N–H and O–H groups in total. The van der Waals surface area contributed by atoms with Crippen LogP contribution in [0.2, 0.25) is 0 Å². The predicted octanol–water partition coefficient (Wildman–Crippen LogP) is 4.16. The quantitative estimate of drug-likeness (QED) is 0.463. The summed E-state index contributed by atoms with van der Waals surface area (Å²) in [6, 6.07) is 2.00. The molecule has 2 rings (SSSR count). The van der Waals surface area contributed by atoms with Crippen LogP contribution in [0.4, 0.5) is 0 Å². The van der Waals surface area contributed by atoms with E-state index in [-0.39, 0.29) is 16.8 Å². The number of rotatable bonds is 5. The number of carbonyl (C=O) groups is 1. The summed E-state index contributed by atoms with van der Waals surface area (Å²) in [4.78, 5) is 15.0. The van der Waals surface area contributed by atoms with Gasteiger partial charge in [-0.25, -0.2) is 4.84 Å². The van der Waals surface area contributed by atoms with Gasteiger partial charge in [0.15, 0.2) is 5.78 Å². The minimum absolute atomic E-state index is 0.167. The van der Waals surface area contributed by atoms with E-state index in [1.807, 2.05) is 6.07 Å². The van der Waals surface area contributed by atoms with Crippen LogP contribution in [0.3, 0.4) is 0 Å². The summed E-state index contributed by atoms with van der Waals surface area (Å²) in [5.41, 5.74) is 0.415. The van der Waals surface area contributed by atoms with Crippen LogP contribution in [0.15, 0.2) is 23.3 Å². The van der Waals surface area contributed by atoms with Crippen molar-refractivity contribution in [2.45, 2.75) is 46.5 Å². The fourth-order valence-corrected chi connectivity index (χ4v) is 4.84. The second-order valence-corrected chi connectivity index (χ2v) is 7.77. The van der Waals surface area contributed by atoms with E-state index in [1.54, 1.807) is 12.2 Å². The monoisotopic (exact) mass is 344 g/mol. The zero-order chi connectivity index (χ0) is 18.0.